The number of halogens is 9. The van der Waals surface area contributed by atoms with Crippen LogP contribution in [0.4, 0.5) is 39.5 Å². The number of allylic oxidation sites excluding steroid dienone is 2. The molecule has 0 atom stereocenters. The van der Waals surface area contributed by atoms with Crippen molar-refractivity contribution in [2.45, 2.75) is 32.2 Å². The zero-order valence-corrected chi connectivity index (χ0v) is 25.0. The number of benzene rings is 5. The summed E-state index contributed by atoms with van der Waals surface area (Å²) in [5.74, 6) is -6.96. The summed E-state index contributed by atoms with van der Waals surface area (Å²) in [6.07, 6.45) is -3.51. The first kappa shape index (κ1) is 34.2. The Labute approximate surface area is 269 Å². The van der Waals surface area contributed by atoms with Crippen molar-refractivity contribution in [3.05, 3.63) is 144 Å². The molecule has 2 nitrogen and oxygen atoms in total. The van der Waals surface area contributed by atoms with Crippen molar-refractivity contribution in [2.75, 3.05) is 0 Å². The van der Waals surface area contributed by atoms with E-state index in [1.165, 1.54) is 54.6 Å². The predicted octanol–water partition coefficient (Wildman–Crippen LogP) is 11.8. The standard InChI is InChI=1S/C37H25F9O2/c1-2-3-4-5-22-6-12-27(13-7-22)36(42,43)47-28-14-8-23(9-15-28)24-10-16-29(31(38)18-24)25-11-17-30(32(39)19-25)26-20-33(40)35(34(41)21-26)48-37(44,45)46/h2-3,6-21H,4-5H2,1H3/b3-2+. The van der Waals surface area contributed by atoms with Gasteiger partial charge in [-0.2, -0.15) is 8.78 Å². The van der Waals surface area contributed by atoms with Gasteiger partial charge >= 0.3 is 12.5 Å². The highest BCUT2D eigenvalue weighted by molar-refractivity contribution is 5.74. The zero-order valence-electron chi connectivity index (χ0n) is 25.0. The molecule has 0 saturated heterocycles. The van der Waals surface area contributed by atoms with Gasteiger partial charge in [0.25, 0.3) is 0 Å². The predicted molar refractivity (Wildman–Crippen MR) is 163 cm³/mol. The first-order valence-corrected chi connectivity index (χ1v) is 14.5. The van der Waals surface area contributed by atoms with Crippen molar-refractivity contribution in [2.24, 2.45) is 0 Å². The molecular weight excluding hydrogens is 647 g/mol. The van der Waals surface area contributed by atoms with E-state index in [1.807, 2.05) is 19.1 Å². The molecule has 0 aliphatic rings. The van der Waals surface area contributed by atoms with Gasteiger partial charge in [-0.15, -0.1) is 13.2 Å². The molecular formula is C37H25F9O2. The first-order chi connectivity index (χ1) is 22.7. The van der Waals surface area contributed by atoms with Crippen LogP contribution in [0, 0.1) is 23.3 Å². The summed E-state index contributed by atoms with van der Waals surface area (Å²) in [6.45, 7) is 1.91. The van der Waals surface area contributed by atoms with Crippen LogP contribution in [0.3, 0.4) is 0 Å². The molecule has 0 aliphatic heterocycles. The molecule has 0 aromatic heterocycles. The largest absolute Gasteiger partial charge is 0.573 e. The quantitative estimate of drug-likeness (QED) is 0.109. The Kier molecular flexibility index (Phi) is 9.88. The molecule has 48 heavy (non-hydrogen) atoms. The molecule has 0 heterocycles. The lowest BCUT2D eigenvalue weighted by Crippen LogP contribution is -2.21. The molecule has 0 spiro atoms. The number of ether oxygens (including phenoxy) is 2. The number of rotatable bonds is 10. The average molecular weight is 673 g/mol. The van der Waals surface area contributed by atoms with Crippen molar-refractivity contribution in [1.29, 1.82) is 0 Å². The summed E-state index contributed by atoms with van der Waals surface area (Å²) < 4.78 is 134. The lowest BCUT2D eigenvalue weighted by atomic mass is 9.97. The Hall–Kier alpha value is -5.19. The Bertz CT molecular complexity index is 1910. The summed E-state index contributed by atoms with van der Waals surface area (Å²) in [6, 6.07) is 19.8. The fraction of sp³-hybridized carbons (Fsp3) is 0.135. The third-order valence-corrected chi connectivity index (χ3v) is 7.34. The van der Waals surface area contributed by atoms with Crippen molar-refractivity contribution in [3.63, 3.8) is 0 Å². The Balaban J connectivity index is 1.29. The monoisotopic (exact) mass is 672 g/mol. The van der Waals surface area contributed by atoms with Crippen LogP contribution in [0.5, 0.6) is 11.5 Å². The van der Waals surface area contributed by atoms with Gasteiger partial charge in [0.15, 0.2) is 11.6 Å². The highest BCUT2D eigenvalue weighted by Gasteiger charge is 2.35. The van der Waals surface area contributed by atoms with Gasteiger partial charge in [-0.1, -0.05) is 60.7 Å². The molecule has 0 radical (unpaired) electrons. The second kappa shape index (κ2) is 13.9. The second-order valence-corrected chi connectivity index (χ2v) is 10.7. The number of hydrogen-bond donors (Lipinski definition) is 0. The van der Waals surface area contributed by atoms with Crippen LogP contribution in [0.25, 0.3) is 33.4 Å². The molecule has 0 saturated carbocycles. The van der Waals surface area contributed by atoms with Crippen LogP contribution in [0.2, 0.25) is 0 Å². The minimum Gasteiger partial charge on any atom is -0.429 e. The van der Waals surface area contributed by atoms with Gasteiger partial charge in [0, 0.05) is 11.1 Å². The van der Waals surface area contributed by atoms with Crippen molar-refractivity contribution in [3.8, 4) is 44.9 Å². The normalized spacial score (nSPS) is 12.0. The van der Waals surface area contributed by atoms with E-state index in [4.69, 9.17) is 4.74 Å². The van der Waals surface area contributed by atoms with E-state index >= 15 is 8.78 Å². The second-order valence-electron chi connectivity index (χ2n) is 10.7. The van der Waals surface area contributed by atoms with E-state index in [9.17, 15) is 30.7 Å². The number of alkyl halides is 5. The minimum absolute atomic E-state index is 0.0251. The molecule has 0 fully saturated rings. The van der Waals surface area contributed by atoms with Crippen LogP contribution in [-0.2, 0) is 12.5 Å². The van der Waals surface area contributed by atoms with Crippen LogP contribution >= 0.6 is 0 Å². The minimum atomic E-state index is -5.34. The third kappa shape index (κ3) is 8.02. The lowest BCUT2D eigenvalue weighted by Gasteiger charge is -2.19. The van der Waals surface area contributed by atoms with Gasteiger partial charge in [0.1, 0.15) is 17.4 Å². The fourth-order valence-electron chi connectivity index (χ4n) is 4.98. The van der Waals surface area contributed by atoms with Crippen molar-refractivity contribution < 1.29 is 49.0 Å². The Morgan fingerprint density at radius 1 is 0.562 bits per heavy atom. The Morgan fingerprint density at radius 3 is 1.65 bits per heavy atom. The average Bonchev–Trinajstić information content (AvgIpc) is 3.03. The lowest BCUT2D eigenvalue weighted by molar-refractivity contribution is -0.276. The maximum absolute atomic E-state index is 15.2. The summed E-state index contributed by atoms with van der Waals surface area (Å²) in [7, 11) is 0. The van der Waals surface area contributed by atoms with Gasteiger partial charge in [-0.25, -0.2) is 17.6 Å². The van der Waals surface area contributed by atoms with Crippen LogP contribution < -0.4 is 9.47 Å². The van der Waals surface area contributed by atoms with E-state index in [0.717, 1.165) is 36.6 Å². The van der Waals surface area contributed by atoms with E-state index in [1.54, 1.807) is 12.1 Å². The maximum atomic E-state index is 15.2. The molecule has 5 aromatic rings. The van der Waals surface area contributed by atoms with E-state index in [0.29, 0.717) is 23.3 Å². The van der Waals surface area contributed by atoms with Gasteiger partial charge in [0.2, 0.25) is 5.75 Å². The molecule has 0 bridgehead atoms. The van der Waals surface area contributed by atoms with Gasteiger partial charge in [0.05, 0.1) is 5.56 Å². The Morgan fingerprint density at radius 2 is 1.08 bits per heavy atom. The molecule has 5 aromatic carbocycles. The van der Waals surface area contributed by atoms with Crippen molar-refractivity contribution >= 4 is 0 Å². The third-order valence-electron chi connectivity index (χ3n) is 7.34. The molecule has 0 aliphatic carbocycles. The van der Waals surface area contributed by atoms with E-state index < -0.39 is 47.1 Å². The van der Waals surface area contributed by atoms with Gasteiger partial charge < -0.3 is 9.47 Å². The summed E-state index contributed by atoms with van der Waals surface area (Å²) in [5, 5.41) is 0. The molecule has 0 amide bonds. The fourth-order valence-corrected chi connectivity index (χ4v) is 4.98. The highest BCUT2D eigenvalue weighted by Crippen LogP contribution is 2.37. The van der Waals surface area contributed by atoms with Crippen molar-refractivity contribution in [1.82, 2.24) is 0 Å². The highest BCUT2D eigenvalue weighted by atomic mass is 19.4. The first-order valence-electron chi connectivity index (χ1n) is 14.5. The molecule has 11 heteroatoms. The number of hydrogen-bond acceptors (Lipinski definition) is 2. The SMILES string of the molecule is C/C=C/CCc1ccc(C(F)(F)Oc2ccc(-c3ccc(-c4ccc(-c5cc(F)c(OC(F)(F)F)c(F)c5)c(F)c4)c(F)c3)cc2)cc1. The topological polar surface area (TPSA) is 18.5 Å². The van der Waals surface area contributed by atoms with Crippen LogP contribution in [-0.4, -0.2) is 6.36 Å². The summed E-state index contributed by atoms with van der Waals surface area (Å²) in [5.41, 5.74) is 0.750. The molecule has 0 unspecified atom stereocenters. The molecule has 248 valence electrons. The summed E-state index contributed by atoms with van der Waals surface area (Å²) >= 11 is 0. The summed E-state index contributed by atoms with van der Waals surface area (Å²) in [4.78, 5) is 0. The smallest absolute Gasteiger partial charge is 0.429 e. The van der Waals surface area contributed by atoms with Crippen LogP contribution in [0.1, 0.15) is 24.5 Å². The van der Waals surface area contributed by atoms with Gasteiger partial charge in [-0.05, 0) is 96.1 Å². The zero-order chi connectivity index (χ0) is 34.6. The molecule has 0 N–H and O–H groups in total. The molecule has 5 rings (SSSR count). The number of aryl methyl sites for hydroxylation is 1. The van der Waals surface area contributed by atoms with E-state index in [2.05, 4.69) is 4.74 Å². The van der Waals surface area contributed by atoms with Gasteiger partial charge in [-0.3, -0.25) is 0 Å². The van der Waals surface area contributed by atoms with E-state index in [-0.39, 0.29) is 28.0 Å². The van der Waals surface area contributed by atoms with Crippen LogP contribution in [0.15, 0.2) is 109 Å². The maximum Gasteiger partial charge on any atom is 0.573 e.